The van der Waals surface area contributed by atoms with Crippen LogP contribution in [0.25, 0.3) is 0 Å². The minimum absolute atomic E-state index is 0.311. The molecule has 3 nitrogen and oxygen atoms in total. The van der Waals surface area contributed by atoms with Gasteiger partial charge < -0.3 is 10.4 Å². The average Bonchev–Trinajstić information content (AvgIpc) is 2.19. The van der Waals surface area contributed by atoms with Crippen LogP contribution in [-0.4, -0.2) is 17.8 Å². The van der Waals surface area contributed by atoms with Crippen molar-refractivity contribution < 1.29 is 5.11 Å². The van der Waals surface area contributed by atoms with Crippen LogP contribution in [0, 0.1) is 11.3 Å². The van der Waals surface area contributed by atoms with Crippen molar-refractivity contribution in [2.24, 2.45) is 0 Å². The fourth-order valence-corrected chi connectivity index (χ4v) is 0.995. The van der Waals surface area contributed by atoms with Crippen LogP contribution >= 0.6 is 0 Å². The molecule has 0 aliphatic rings. The highest BCUT2D eigenvalue weighted by Gasteiger charge is 1.98. The lowest BCUT2D eigenvalue weighted by Gasteiger charge is -2.04. The molecule has 0 radical (unpaired) electrons. The van der Waals surface area contributed by atoms with Crippen molar-refractivity contribution in [3.63, 3.8) is 0 Å². The van der Waals surface area contributed by atoms with Crippen LogP contribution in [-0.2, 0) is 6.54 Å². The van der Waals surface area contributed by atoms with Gasteiger partial charge in [0, 0.05) is 13.1 Å². The predicted molar refractivity (Wildman–Crippen MR) is 49.8 cm³/mol. The van der Waals surface area contributed by atoms with E-state index in [0.717, 1.165) is 5.56 Å². The van der Waals surface area contributed by atoms with Gasteiger partial charge in [0.15, 0.2) is 6.10 Å². The first-order valence-electron chi connectivity index (χ1n) is 4.15. The molecule has 0 saturated carbocycles. The normalized spacial score (nSPS) is 12.0. The van der Waals surface area contributed by atoms with Crippen molar-refractivity contribution in [2.75, 3.05) is 6.54 Å². The monoisotopic (exact) mass is 176 g/mol. The Morgan fingerprint density at radius 3 is 2.69 bits per heavy atom. The fraction of sp³-hybridized carbons (Fsp3) is 0.300. The molecule has 1 aromatic carbocycles. The van der Waals surface area contributed by atoms with Crippen LogP contribution < -0.4 is 5.32 Å². The molecule has 1 aromatic rings. The second-order valence-corrected chi connectivity index (χ2v) is 2.76. The lowest BCUT2D eigenvalue weighted by molar-refractivity contribution is 0.225. The van der Waals surface area contributed by atoms with E-state index in [4.69, 9.17) is 10.4 Å². The van der Waals surface area contributed by atoms with Gasteiger partial charge in [-0.3, -0.25) is 0 Å². The molecular formula is C10H12N2O. The third-order valence-electron chi connectivity index (χ3n) is 1.66. The number of nitrogens with zero attached hydrogens (tertiary/aromatic N) is 1. The van der Waals surface area contributed by atoms with Crippen LogP contribution in [0.3, 0.4) is 0 Å². The molecule has 2 N–H and O–H groups in total. The summed E-state index contributed by atoms with van der Waals surface area (Å²) in [6.45, 7) is 0.991. The Labute approximate surface area is 77.6 Å². The third-order valence-corrected chi connectivity index (χ3v) is 1.66. The molecule has 13 heavy (non-hydrogen) atoms. The van der Waals surface area contributed by atoms with Crippen LogP contribution in [0.2, 0.25) is 0 Å². The van der Waals surface area contributed by atoms with Gasteiger partial charge >= 0.3 is 0 Å². The van der Waals surface area contributed by atoms with Gasteiger partial charge in [0.1, 0.15) is 0 Å². The number of rotatable bonds is 4. The molecule has 0 heterocycles. The van der Waals surface area contributed by atoms with Crippen LogP contribution in [0.15, 0.2) is 30.3 Å². The van der Waals surface area contributed by atoms with E-state index in [0.29, 0.717) is 13.1 Å². The first-order chi connectivity index (χ1) is 6.33. The number of nitriles is 1. The maximum absolute atomic E-state index is 8.91. The molecule has 0 saturated heterocycles. The van der Waals surface area contributed by atoms with E-state index in [1.54, 1.807) is 6.07 Å². The number of hydrogen-bond acceptors (Lipinski definition) is 3. The highest BCUT2D eigenvalue weighted by atomic mass is 16.3. The lowest BCUT2D eigenvalue weighted by Crippen LogP contribution is -2.24. The van der Waals surface area contributed by atoms with Gasteiger partial charge in [0.05, 0.1) is 6.07 Å². The Morgan fingerprint density at radius 2 is 2.08 bits per heavy atom. The second kappa shape index (κ2) is 5.31. The quantitative estimate of drug-likeness (QED) is 0.663. The van der Waals surface area contributed by atoms with Gasteiger partial charge in [0.2, 0.25) is 0 Å². The van der Waals surface area contributed by atoms with Gasteiger partial charge in [-0.15, -0.1) is 0 Å². The molecule has 1 atom stereocenters. The Bertz CT molecular complexity index is 279. The SMILES string of the molecule is N#CC(O)CNCc1ccccc1. The number of aliphatic hydroxyl groups is 1. The summed E-state index contributed by atoms with van der Waals surface area (Å²) in [6.07, 6.45) is -0.913. The van der Waals surface area contributed by atoms with E-state index < -0.39 is 6.10 Å². The van der Waals surface area contributed by atoms with Crippen LogP contribution in [0.1, 0.15) is 5.56 Å². The van der Waals surface area contributed by atoms with Crippen molar-refractivity contribution in [3.8, 4) is 6.07 Å². The molecular weight excluding hydrogens is 164 g/mol. The van der Waals surface area contributed by atoms with Crippen molar-refractivity contribution in [2.45, 2.75) is 12.6 Å². The lowest BCUT2D eigenvalue weighted by atomic mass is 10.2. The highest BCUT2D eigenvalue weighted by Crippen LogP contribution is 1.96. The van der Waals surface area contributed by atoms with Gasteiger partial charge in [0.25, 0.3) is 0 Å². The topological polar surface area (TPSA) is 56.0 Å². The zero-order valence-corrected chi connectivity index (χ0v) is 7.27. The van der Waals surface area contributed by atoms with Crippen molar-refractivity contribution >= 4 is 0 Å². The maximum atomic E-state index is 8.91. The summed E-state index contributed by atoms with van der Waals surface area (Å²) in [5.41, 5.74) is 1.15. The molecule has 1 rings (SSSR count). The summed E-state index contributed by atoms with van der Waals surface area (Å²) in [7, 11) is 0. The summed E-state index contributed by atoms with van der Waals surface area (Å²) in [4.78, 5) is 0. The van der Waals surface area contributed by atoms with Crippen LogP contribution in [0.5, 0.6) is 0 Å². The summed E-state index contributed by atoms with van der Waals surface area (Å²) in [5.74, 6) is 0. The Balaban J connectivity index is 2.25. The summed E-state index contributed by atoms with van der Waals surface area (Å²) in [6, 6.07) is 11.6. The summed E-state index contributed by atoms with van der Waals surface area (Å²) >= 11 is 0. The van der Waals surface area contributed by atoms with E-state index >= 15 is 0 Å². The Kier molecular flexibility index (Phi) is 3.97. The Hall–Kier alpha value is -1.37. The maximum Gasteiger partial charge on any atom is 0.152 e. The molecule has 1 unspecified atom stereocenters. The number of aliphatic hydroxyl groups excluding tert-OH is 1. The standard InChI is InChI=1S/C10H12N2O/c11-6-10(13)8-12-7-9-4-2-1-3-5-9/h1-5,10,12-13H,7-8H2. The van der Waals surface area contributed by atoms with E-state index in [9.17, 15) is 0 Å². The number of benzene rings is 1. The largest absolute Gasteiger partial charge is 0.377 e. The second-order valence-electron chi connectivity index (χ2n) is 2.76. The average molecular weight is 176 g/mol. The van der Waals surface area contributed by atoms with Gasteiger partial charge in [-0.2, -0.15) is 5.26 Å². The molecule has 0 fully saturated rings. The van der Waals surface area contributed by atoms with Crippen molar-refractivity contribution in [1.82, 2.24) is 5.32 Å². The molecule has 3 heteroatoms. The molecule has 0 aliphatic carbocycles. The molecule has 0 amide bonds. The minimum Gasteiger partial charge on any atom is -0.377 e. The van der Waals surface area contributed by atoms with Gasteiger partial charge in [-0.25, -0.2) is 0 Å². The molecule has 0 spiro atoms. The van der Waals surface area contributed by atoms with Crippen molar-refractivity contribution in [3.05, 3.63) is 35.9 Å². The van der Waals surface area contributed by atoms with Crippen molar-refractivity contribution in [1.29, 1.82) is 5.26 Å². The summed E-state index contributed by atoms with van der Waals surface area (Å²) in [5, 5.41) is 20.2. The number of hydrogen-bond donors (Lipinski definition) is 2. The zero-order valence-electron chi connectivity index (χ0n) is 7.27. The zero-order chi connectivity index (χ0) is 9.52. The third kappa shape index (κ3) is 3.70. The van der Waals surface area contributed by atoms with E-state index in [2.05, 4.69) is 5.32 Å². The smallest absolute Gasteiger partial charge is 0.152 e. The molecule has 0 bridgehead atoms. The van der Waals surface area contributed by atoms with E-state index in [1.807, 2.05) is 30.3 Å². The predicted octanol–water partition coefficient (Wildman–Crippen LogP) is 0.661. The van der Waals surface area contributed by atoms with E-state index in [1.165, 1.54) is 0 Å². The number of nitrogens with one attached hydrogen (secondary N) is 1. The Morgan fingerprint density at radius 1 is 1.38 bits per heavy atom. The van der Waals surface area contributed by atoms with Crippen LogP contribution in [0.4, 0.5) is 0 Å². The fourth-order valence-electron chi connectivity index (χ4n) is 0.995. The first kappa shape index (κ1) is 9.72. The highest BCUT2D eigenvalue weighted by molar-refractivity contribution is 5.14. The van der Waals surface area contributed by atoms with Gasteiger partial charge in [-0.1, -0.05) is 30.3 Å². The molecule has 0 aromatic heterocycles. The van der Waals surface area contributed by atoms with E-state index in [-0.39, 0.29) is 0 Å². The first-order valence-corrected chi connectivity index (χ1v) is 4.15. The molecule has 68 valence electrons. The summed E-state index contributed by atoms with van der Waals surface area (Å²) < 4.78 is 0. The minimum atomic E-state index is -0.913. The van der Waals surface area contributed by atoms with Gasteiger partial charge in [-0.05, 0) is 5.56 Å². The molecule has 0 aliphatic heterocycles.